The van der Waals surface area contributed by atoms with Crippen LogP contribution in [0.1, 0.15) is 29.0 Å². The van der Waals surface area contributed by atoms with E-state index in [2.05, 4.69) is 15.4 Å². The molecule has 0 radical (unpaired) electrons. The number of carbonyl (C=O) groups is 1. The van der Waals surface area contributed by atoms with Crippen molar-refractivity contribution in [3.8, 4) is 6.07 Å². The van der Waals surface area contributed by atoms with E-state index in [9.17, 15) is 13.2 Å². The molecule has 2 aromatic rings. The first-order chi connectivity index (χ1) is 12.3. The molecule has 1 heterocycles. The second kappa shape index (κ2) is 8.80. The fourth-order valence-electron chi connectivity index (χ4n) is 2.17. The lowest BCUT2D eigenvalue weighted by molar-refractivity contribution is 0.238. The van der Waals surface area contributed by atoms with Crippen LogP contribution in [-0.2, 0) is 10.0 Å². The summed E-state index contributed by atoms with van der Waals surface area (Å²) < 4.78 is 26.8. The van der Waals surface area contributed by atoms with Gasteiger partial charge in [-0.15, -0.1) is 11.3 Å². The zero-order valence-electron chi connectivity index (χ0n) is 14.4. The molecule has 7 nitrogen and oxygen atoms in total. The Morgan fingerprint density at radius 2 is 1.88 bits per heavy atom. The van der Waals surface area contributed by atoms with E-state index < -0.39 is 16.1 Å². The predicted molar refractivity (Wildman–Crippen MR) is 100 cm³/mol. The largest absolute Gasteiger partial charge is 0.337 e. The maximum absolute atomic E-state index is 12.1. The summed E-state index contributed by atoms with van der Waals surface area (Å²) in [6, 6.07) is 11.6. The molecule has 0 fully saturated rings. The van der Waals surface area contributed by atoms with Crippen LogP contribution in [0.15, 0.2) is 40.6 Å². The van der Waals surface area contributed by atoms with Crippen molar-refractivity contribution >= 4 is 27.4 Å². The van der Waals surface area contributed by atoms with Gasteiger partial charge in [-0.3, -0.25) is 0 Å². The quantitative estimate of drug-likeness (QED) is 0.628. The molecule has 2 amide bonds. The zero-order valence-corrected chi connectivity index (χ0v) is 16.1. The zero-order chi connectivity index (χ0) is 19.2. The lowest BCUT2D eigenvalue weighted by atomic mass is 10.1. The van der Waals surface area contributed by atoms with Gasteiger partial charge in [-0.05, 0) is 43.7 Å². The molecule has 0 saturated carbocycles. The number of sulfonamides is 1. The summed E-state index contributed by atoms with van der Waals surface area (Å²) in [4.78, 5) is 12.8. The first kappa shape index (κ1) is 19.9. The molecule has 0 aliphatic rings. The third-order valence-electron chi connectivity index (χ3n) is 3.57. The van der Waals surface area contributed by atoms with Crippen molar-refractivity contribution in [2.45, 2.75) is 24.1 Å². The van der Waals surface area contributed by atoms with Crippen molar-refractivity contribution in [3.05, 3.63) is 52.4 Å². The average Bonchev–Trinajstić information content (AvgIpc) is 3.06. The highest BCUT2D eigenvalue weighted by Gasteiger charge is 2.15. The molecule has 0 aliphatic heterocycles. The first-order valence-electron chi connectivity index (χ1n) is 7.92. The second-order valence-electron chi connectivity index (χ2n) is 5.62. The number of benzene rings is 1. The van der Waals surface area contributed by atoms with Crippen LogP contribution in [0.4, 0.5) is 4.79 Å². The number of nitrogens with one attached hydrogen (secondary N) is 3. The van der Waals surface area contributed by atoms with E-state index in [4.69, 9.17) is 5.26 Å². The maximum Gasteiger partial charge on any atom is 0.315 e. The Balaban J connectivity index is 1.75. The Bertz CT molecular complexity index is 899. The summed E-state index contributed by atoms with van der Waals surface area (Å²) in [6.07, 6.45) is 0. The number of thiophene rings is 1. The Labute approximate surface area is 157 Å². The summed E-state index contributed by atoms with van der Waals surface area (Å²) >= 11 is 1.20. The summed E-state index contributed by atoms with van der Waals surface area (Å²) in [6.45, 7) is 3.92. The van der Waals surface area contributed by atoms with E-state index in [-0.39, 0.29) is 23.3 Å². The summed E-state index contributed by atoms with van der Waals surface area (Å²) in [5, 5.41) is 14.2. The minimum absolute atomic E-state index is 0.0952. The van der Waals surface area contributed by atoms with Gasteiger partial charge in [-0.25, -0.2) is 17.9 Å². The van der Waals surface area contributed by atoms with Gasteiger partial charge in [0.05, 0.1) is 17.7 Å². The van der Waals surface area contributed by atoms with E-state index >= 15 is 0 Å². The molecule has 1 aromatic heterocycles. The molecule has 9 heteroatoms. The molecule has 138 valence electrons. The van der Waals surface area contributed by atoms with E-state index in [0.29, 0.717) is 5.56 Å². The second-order valence-corrected chi connectivity index (χ2v) is 8.90. The fraction of sp³-hybridized carbons (Fsp3) is 0.294. The smallest absolute Gasteiger partial charge is 0.315 e. The van der Waals surface area contributed by atoms with Gasteiger partial charge in [0.25, 0.3) is 0 Å². The number of urea groups is 1. The molecule has 1 unspecified atom stereocenters. The van der Waals surface area contributed by atoms with E-state index in [0.717, 1.165) is 10.4 Å². The topological polar surface area (TPSA) is 111 Å². The van der Waals surface area contributed by atoms with Crippen LogP contribution in [0.2, 0.25) is 0 Å². The van der Waals surface area contributed by atoms with Crippen molar-refractivity contribution in [1.82, 2.24) is 15.4 Å². The average molecular weight is 393 g/mol. The van der Waals surface area contributed by atoms with Gasteiger partial charge in [0, 0.05) is 18.0 Å². The number of amides is 2. The number of nitrogens with zero attached hydrogens (tertiary/aromatic N) is 1. The Hall–Kier alpha value is -2.41. The molecule has 0 spiro atoms. The Morgan fingerprint density at radius 3 is 2.46 bits per heavy atom. The molecule has 2 rings (SSSR count). The van der Waals surface area contributed by atoms with Gasteiger partial charge in [0.15, 0.2) is 0 Å². The molecule has 0 saturated heterocycles. The van der Waals surface area contributed by atoms with E-state index in [1.165, 1.54) is 11.3 Å². The van der Waals surface area contributed by atoms with Crippen molar-refractivity contribution in [2.75, 3.05) is 13.1 Å². The minimum atomic E-state index is -3.54. The molecule has 26 heavy (non-hydrogen) atoms. The normalized spacial score (nSPS) is 12.2. The number of hydrogen-bond donors (Lipinski definition) is 3. The molecule has 0 bridgehead atoms. The van der Waals surface area contributed by atoms with Gasteiger partial charge in [0.1, 0.15) is 4.21 Å². The lowest BCUT2D eigenvalue weighted by Crippen LogP contribution is -2.41. The van der Waals surface area contributed by atoms with Crippen LogP contribution < -0.4 is 15.4 Å². The van der Waals surface area contributed by atoms with Crippen LogP contribution in [0, 0.1) is 18.3 Å². The van der Waals surface area contributed by atoms with Gasteiger partial charge < -0.3 is 10.6 Å². The van der Waals surface area contributed by atoms with Crippen LogP contribution in [0.5, 0.6) is 0 Å². The molecular formula is C17H20N4O3S2. The van der Waals surface area contributed by atoms with Crippen LogP contribution in [0.25, 0.3) is 0 Å². The summed E-state index contributed by atoms with van der Waals surface area (Å²) in [7, 11) is -3.54. The Kier molecular flexibility index (Phi) is 6.74. The lowest BCUT2D eigenvalue weighted by Gasteiger charge is -2.15. The van der Waals surface area contributed by atoms with Crippen molar-refractivity contribution in [2.24, 2.45) is 0 Å². The third-order valence-corrected chi connectivity index (χ3v) is 6.52. The van der Waals surface area contributed by atoms with E-state index in [1.807, 2.05) is 19.9 Å². The van der Waals surface area contributed by atoms with Crippen LogP contribution in [0.3, 0.4) is 0 Å². The molecule has 1 aromatic carbocycles. The summed E-state index contributed by atoms with van der Waals surface area (Å²) in [5.41, 5.74) is 1.42. The number of rotatable bonds is 7. The van der Waals surface area contributed by atoms with Crippen molar-refractivity contribution in [1.29, 1.82) is 5.26 Å². The number of aryl methyl sites for hydroxylation is 1. The van der Waals surface area contributed by atoms with Crippen LogP contribution in [-0.4, -0.2) is 27.5 Å². The highest BCUT2D eigenvalue weighted by molar-refractivity contribution is 7.91. The van der Waals surface area contributed by atoms with Gasteiger partial charge in [-0.1, -0.05) is 12.1 Å². The number of hydrogen-bond acceptors (Lipinski definition) is 5. The third kappa shape index (κ3) is 5.56. The van der Waals surface area contributed by atoms with Gasteiger partial charge in [-0.2, -0.15) is 5.26 Å². The standard InChI is InChI=1S/C17H20N4O3S2/c1-12-3-8-16(25-12)26(23,24)20-10-9-19-17(22)21-13(2)15-6-4-14(11-18)5-7-15/h3-8,13,20H,9-10H2,1-2H3,(H2,19,21,22). The van der Waals surface area contributed by atoms with Crippen LogP contribution >= 0.6 is 11.3 Å². The molecular weight excluding hydrogens is 372 g/mol. The predicted octanol–water partition coefficient (Wildman–Crippen LogP) is 2.27. The SMILES string of the molecule is Cc1ccc(S(=O)(=O)NCCNC(=O)NC(C)c2ccc(C#N)cc2)s1. The van der Waals surface area contributed by atoms with Gasteiger partial charge >= 0.3 is 6.03 Å². The molecule has 0 aliphatic carbocycles. The maximum atomic E-state index is 12.1. The molecule has 3 N–H and O–H groups in total. The highest BCUT2D eigenvalue weighted by atomic mass is 32.2. The Morgan fingerprint density at radius 1 is 1.19 bits per heavy atom. The minimum Gasteiger partial charge on any atom is -0.337 e. The monoisotopic (exact) mass is 392 g/mol. The van der Waals surface area contributed by atoms with Crippen molar-refractivity contribution < 1.29 is 13.2 Å². The highest BCUT2D eigenvalue weighted by Crippen LogP contribution is 2.19. The first-order valence-corrected chi connectivity index (χ1v) is 10.2. The van der Waals surface area contributed by atoms with Gasteiger partial charge in [0.2, 0.25) is 10.0 Å². The molecule has 1 atom stereocenters. The fourth-order valence-corrected chi connectivity index (χ4v) is 4.53. The summed E-state index contributed by atoms with van der Waals surface area (Å²) in [5.74, 6) is 0. The number of carbonyl (C=O) groups excluding carboxylic acids is 1. The van der Waals surface area contributed by atoms with E-state index in [1.54, 1.807) is 36.4 Å². The van der Waals surface area contributed by atoms with Crippen molar-refractivity contribution in [3.63, 3.8) is 0 Å². The number of nitriles is 1.